The Morgan fingerprint density at radius 3 is 0.983 bits per heavy atom. The zero-order chi connectivity index (χ0) is 91.6. The first-order chi connectivity index (χ1) is 63.5. The number of anilines is 6. The molecule has 0 unspecified atom stereocenters. The molecule has 0 bridgehead atoms. The zero-order valence-corrected chi connectivity index (χ0v) is 64.7. The van der Waals surface area contributed by atoms with Crippen LogP contribution in [0.15, 0.2) is 394 Å². The Morgan fingerprint density at radius 2 is 0.612 bits per heavy atom. The predicted octanol–water partition coefficient (Wildman–Crippen LogP) is 27.3. The molecule has 19 aromatic rings. The lowest BCUT2D eigenvalue weighted by Crippen LogP contribution is -2.61. The highest BCUT2D eigenvalue weighted by Crippen LogP contribution is 2.61. The number of benzene rings is 17. The molecule has 4 heterocycles. The summed E-state index contributed by atoms with van der Waals surface area (Å²) in [7, 11) is 0. The maximum absolute atomic E-state index is 10.1. The van der Waals surface area contributed by atoms with E-state index in [1.165, 1.54) is 0 Å². The fraction of sp³-hybridized carbons (Fsp3) is 0.0811. The van der Waals surface area contributed by atoms with Crippen LogP contribution in [0, 0.1) is 0 Å². The van der Waals surface area contributed by atoms with Crippen LogP contribution in [0.4, 0.5) is 34.1 Å². The van der Waals surface area contributed by atoms with Gasteiger partial charge in [0, 0.05) is 77.9 Å². The Bertz CT molecular complexity index is 7480. The number of nitrogens with zero attached hydrogens (tertiary/aromatic N) is 4. The van der Waals surface area contributed by atoms with E-state index in [1.807, 2.05) is 109 Å². The number of hydrogen-bond donors (Lipinski definition) is 0. The Morgan fingerprint density at radius 1 is 0.284 bits per heavy atom. The fourth-order valence-electron chi connectivity index (χ4n) is 18.9. The van der Waals surface area contributed by atoms with Crippen molar-refractivity contribution >= 4 is 101 Å². The van der Waals surface area contributed by atoms with Gasteiger partial charge in [-0.1, -0.05) is 351 Å². The SMILES string of the molecule is [2H]c1c([2H])c([2H])c2c(c1[2H])c1c([2H])c([2H])c([2H])c([2H])c1n2-c1ccc2c(c1)N(c1c(-c3ccccc3)cc(C(C)(C)C)cc1-c1ccccc1)c1cc(-c3cccc4c3-c3ccccc3C4(c3ccccc3)c3ccccc3)cc3c1B2c1ccc(-n2c4c([2H])c([2H])c([2H])c([2H])c4c4c([2H])c([2H])c([2H])c([2H])c42)cc1N3c1c(-c2ccccc2)cc(C(C)(C)C)cc1-c1ccccc1. The lowest BCUT2D eigenvalue weighted by molar-refractivity contribution is 0.590. The van der Waals surface area contributed by atoms with Crippen molar-refractivity contribution < 1.29 is 21.9 Å². The van der Waals surface area contributed by atoms with Crippen molar-refractivity contribution in [2.45, 2.75) is 57.8 Å². The molecule has 116 heavy (non-hydrogen) atoms. The lowest BCUT2D eigenvalue weighted by Gasteiger charge is -2.46. The van der Waals surface area contributed by atoms with Gasteiger partial charge in [0.1, 0.15) is 0 Å². The molecule has 0 atom stereocenters. The number of aromatic nitrogens is 2. The van der Waals surface area contributed by atoms with E-state index < -0.39 is 120 Å². The van der Waals surface area contributed by atoms with Gasteiger partial charge in [0.15, 0.2) is 0 Å². The van der Waals surface area contributed by atoms with E-state index in [2.05, 4.69) is 239 Å². The van der Waals surface area contributed by atoms with E-state index in [0.717, 1.165) is 128 Å². The van der Waals surface area contributed by atoms with Gasteiger partial charge in [-0.2, -0.15) is 0 Å². The molecule has 550 valence electrons. The van der Waals surface area contributed by atoms with Crippen molar-refractivity contribution in [2.75, 3.05) is 9.80 Å². The molecule has 0 N–H and O–H groups in total. The summed E-state index contributed by atoms with van der Waals surface area (Å²) in [6, 6.07) is 95.5. The Balaban J connectivity index is 0.989. The van der Waals surface area contributed by atoms with Crippen molar-refractivity contribution in [3.05, 3.63) is 427 Å². The molecule has 1 aliphatic carbocycles. The van der Waals surface area contributed by atoms with Crippen LogP contribution >= 0.6 is 0 Å². The van der Waals surface area contributed by atoms with Gasteiger partial charge in [-0.25, -0.2) is 0 Å². The van der Waals surface area contributed by atoms with Crippen LogP contribution in [0.2, 0.25) is 0 Å². The highest BCUT2D eigenvalue weighted by atomic mass is 15.2. The molecule has 17 aromatic carbocycles. The van der Waals surface area contributed by atoms with Crippen molar-refractivity contribution in [2.24, 2.45) is 0 Å². The van der Waals surface area contributed by atoms with Crippen LogP contribution in [-0.4, -0.2) is 15.8 Å². The number of fused-ring (bicyclic) bond motifs is 13. The molecule has 0 saturated heterocycles. The summed E-state index contributed by atoms with van der Waals surface area (Å²) in [6.45, 7) is 12.4. The average Bonchev–Trinajstić information content (AvgIpc) is 0.975. The summed E-state index contributed by atoms with van der Waals surface area (Å²) in [5.74, 6) is 0. The molecule has 0 radical (unpaired) electrons. The summed E-state index contributed by atoms with van der Waals surface area (Å²) in [6.07, 6.45) is 0. The van der Waals surface area contributed by atoms with Crippen molar-refractivity contribution in [3.63, 3.8) is 0 Å². The molecule has 0 amide bonds. The minimum Gasteiger partial charge on any atom is -0.310 e. The van der Waals surface area contributed by atoms with Gasteiger partial charge in [0.2, 0.25) is 0 Å². The van der Waals surface area contributed by atoms with Gasteiger partial charge in [-0.15, -0.1) is 0 Å². The maximum Gasteiger partial charge on any atom is 0.252 e. The zero-order valence-electron chi connectivity index (χ0n) is 80.7. The largest absolute Gasteiger partial charge is 0.310 e. The van der Waals surface area contributed by atoms with Crippen molar-refractivity contribution in [3.8, 4) is 78.1 Å². The van der Waals surface area contributed by atoms with Gasteiger partial charge in [0.25, 0.3) is 6.71 Å². The number of rotatable bonds is 11. The number of hydrogen-bond acceptors (Lipinski definition) is 2. The van der Waals surface area contributed by atoms with Crippen LogP contribution in [0.1, 0.15) is 96.9 Å². The van der Waals surface area contributed by atoms with Crippen LogP contribution in [-0.2, 0) is 16.2 Å². The topological polar surface area (TPSA) is 16.3 Å². The van der Waals surface area contributed by atoms with Gasteiger partial charge in [-0.05, 0) is 190 Å². The van der Waals surface area contributed by atoms with E-state index in [0.29, 0.717) is 34.1 Å². The summed E-state index contributed by atoms with van der Waals surface area (Å²) in [5, 5.41) is -0.333. The quantitative estimate of drug-likeness (QED) is 0.120. The third-order valence-electron chi connectivity index (χ3n) is 24.2. The first kappa shape index (κ1) is 53.9. The lowest BCUT2D eigenvalue weighted by atomic mass is 9.33. The monoisotopic (exact) mass is 1500 g/mol. The molecule has 2 aliphatic heterocycles. The molecular weight excluding hydrogens is 1400 g/mol. The smallest absolute Gasteiger partial charge is 0.252 e. The molecule has 5 heteroatoms. The fourth-order valence-corrected chi connectivity index (χ4v) is 18.9. The van der Waals surface area contributed by atoms with Gasteiger partial charge < -0.3 is 18.9 Å². The second-order valence-corrected chi connectivity index (χ2v) is 32.6. The number of para-hydroxylation sites is 4. The normalized spacial score (nSPS) is 15.2. The average molecular weight is 1500 g/mol. The van der Waals surface area contributed by atoms with E-state index in [4.69, 9.17) is 0 Å². The molecule has 0 spiro atoms. The van der Waals surface area contributed by atoms with E-state index in [1.54, 1.807) is 9.13 Å². The van der Waals surface area contributed by atoms with E-state index >= 15 is 0 Å². The minimum atomic E-state index is -0.884. The van der Waals surface area contributed by atoms with Gasteiger partial charge >= 0.3 is 0 Å². The maximum atomic E-state index is 10.1. The highest BCUT2D eigenvalue weighted by molar-refractivity contribution is 7.00. The third-order valence-corrected chi connectivity index (χ3v) is 24.2. The van der Waals surface area contributed by atoms with Crippen LogP contribution in [0.3, 0.4) is 0 Å². The second kappa shape index (κ2) is 26.6. The summed E-state index contributed by atoms with van der Waals surface area (Å²) >= 11 is 0. The minimum absolute atomic E-state index is 0.0630. The molecule has 3 aliphatic rings. The van der Waals surface area contributed by atoms with Gasteiger partial charge in [-0.3, -0.25) is 0 Å². The van der Waals surface area contributed by atoms with E-state index in [-0.39, 0.29) is 43.6 Å². The molecule has 22 rings (SSSR count). The Hall–Kier alpha value is -14.0. The third kappa shape index (κ3) is 10.5. The van der Waals surface area contributed by atoms with Gasteiger partial charge in [0.05, 0.1) is 60.8 Å². The second-order valence-electron chi connectivity index (χ2n) is 32.6. The highest BCUT2D eigenvalue weighted by Gasteiger charge is 2.50. The predicted molar refractivity (Wildman–Crippen MR) is 491 cm³/mol. The van der Waals surface area contributed by atoms with Crippen molar-refractivity contribution in [1.82, 2.24) is 9.13 Å². The van der Waals surface area contributed by atoms with E-state index in [9.17, 15) is 21.9 Å². The molecule has 4 nitrogen and oxygen atoms in total. The van der Waals surface area contributed by atoms with Crippen LogP contribution in [0.5, 0.6) is 0 Å². The standard InChI is InChI=1S/C111H83BN4/c1-109(2,3)79-66-89(72-36-13-7-14-37-72)107(90(67-79)73-38-15-8-16-39-73)115-101-70-81(113-97-56-31-26-48-84(97)85-49-27-32-57-98(85)113)60-62-95(101)112-96-63-61-82(114-99-58-33-28-50-86(99)87-51-29-34-59-100(87)114)71-102(96)116(108-91(74-40-17-9-18-41-74)68-80(110(4,5)6)69-92(108)75-42-19-10-20-43-75)104-65-76(64-103(115)106(104)112)83-53-35-55-94-105(83)88-52-25-30-54-93(88)111(94,77-44-21-11-22-45-77)78-46-23-12-24-47-78/h7-71H,1-6H3/i26D,27D,28D,29D,31D,32D,33D,34D,48D,49D,50D,51D,56D,57D,58D,59D. The Labute approximate surface area is 701 Å². The Kier molecular flexibility index (Phi) is 12.3. The summed E-state index contributed by atoms with van der Waals surface area (Å²) in [5.41, 5.74) is 21.6. The molecule has 2 aromatic heterocycles. The molecule has 0 fully saturated rings. The summed E-state index contributed by atoms with van der Waals surface area (Å²) in [4.78, 5) is 4.75. The van der Waals surface area contributed by atoms with Crippen LogP contribution < -0.4 is 26.2 Å². The molecule has 0 saturated carbocycles. The summed E-state index contributed by atoms with van der Waals surface area (Å²) < 4.78 is 157. The van der Waals surface area contributed by atoms with Crippen LogP contribution in [0.25, 0.3) is 122 Å². The first-order valence-corrected chi connectivity index (χ1v) is 39.5. The van der Waals surface area contributed by atoms with Crippen molar-refractivity contribution in [1.29, 1.82) is 0 Å². The molecular formula is C111H83BN4. The first-order valence-electron chi connectivity index (χ1n) is 47.5.